The minimum atomic E-state index is -0.0149. The fourth-order valence-corrected chi connectivity index (χ4v) is 2.75. The number of benzene rings is 1. The molecule has 136 valence electrons. The van der Waals surface area contributed by atoms with Gasteiger partial charge in [0.25, 0.3) is 0 Å². The Bertz CT molecular complexity index is 663. The van der Waals surface area contributed by atoms with Crippen LogP contribution in [0.25, 0.3) is 0 Å². The summed E-state index contributed by atoms with van der Waals surface area (Å²) in [6.07, 6.45) is 8.09. The van der Waals surface area contributed by atoms with Crippen molar-refractivity contribution in [1.82, 2.24) is 4.57 Å². The van der Waals surface area contributed by atoms with E-state index in [1.807, 2.05) is 59.9 Å². The molecule has 0 aliphatic carbocycles. The van der Waals surface area contributed by atoms with Crippen molar-refractivity contribution < 1.29 is 4.57 Å². The molecule has 1 heterocycles. The smallest absolute Gasteiger partial charge is 0.385 e. The van der Waals surface area contributed by atoms with Crippen LogP contribution in [0.1, 0.15) is 39.5 Å². The lowest BCUT2D eigenvalue weighted by Crippen LogP contribution is -2.38. The zero-order chi connectivity index (χ0) is 18.3. The molecular formula is C19H31N6+. The molecule has 25 heavy (non-hydrogen) atoms. The van der Waals surface area contributed by atoms with Crippen LogP contribution in [0.2, 0.25) is 0 Å². The average molecular weight is 343 g/mol. The first kappa shape index (κ1) is 19.1. The van der Waals surface area contributed by atoms with Gasteiger partial charge in [0.2, 0.25) is 0 Å². The van der Waals surface area contributed by atoms with Crippen molar-refractivity contribution in [2.45, 2.75) is 45.1 Å². The lowest BCUT2D eigenvalue weighted by Gasteiger charge is -2.26. The molecule has 0 bridgehead atoms. The zero-order valence-corrected chi connectivity index (χ0v) is 15.9. The highest BCUT2D eigenvalue weighted by molar-refractivity contribution is 5.50. The maximum absolute atomic E-state index is 6.34. The first-order valence-electron chi connectivity index (χ1n) is 9.03. The van der Waals surface area contributed by atoms with Gasteiger partial charge in [-0.3, -0.25) is 0 Å². The SMILES string of the molecule is CCC(N)(CC)CCCNc1ccc(N=Nc2n(C)cc[n+]2C)cc1. The Balaban J connectivity index is 1.84. The second kappa shape index (κ2) is 8.76. The number of imidazole rings is 1. The summed E-state index contributed by atoms with van der Waals surface area (Å²) in [4.78, 5) is 0. The van der Waals surface area contributed by atoms with Gasteiger partial charge in [-0.1, -0.05) is 19.0 Å². The Morgan fingerprint density at radius 3 is 2.40 bits per heavy atom. The minimum Gasteiger partial charge on any atom is -0.385 e. The van der Waals surface area contributed by atoms with Crippen LogP contribution in [0.5, 0.6) is 0 Å². The Kier molecular flexibility index (Phi) is 6.70. The van der Waals surface area contributed by atoms with Crippen molar-refractivity contribution in [3.05, 3.63) is 36.7 Å². The number of azo groups is 1. The van der Waals surface area contributed by atoms with Crippen LogP contribution in [0.4, 0.5) is 17.3 Å². The number of rotatable bonds is 9. The molecule has 1 aromatic carbocycles. The van der Waals surface area contributed by atoms with Crippen molar-refractivity contribution in [2.75, 3.05) is 11.9 Å². The number of anilines is 1. The third-order valence-electron chi connectivity index (χ3n) is 4.86. The number of nitrogens with two attached hydrogens (primary N) is 1. The summed E-state index contributed by atoms with van der Waals surface area (Å²) in [6, 6.07) is 8.02. The molecule has 0 amide bonds. The lowest BCUT2D eigenvalue weighted by molar-refractivity contribution is -0.657. The highest BCUT2D eigenvalue weighted by Gasteiger charge is 2.18. The second-order valence-electron chi connectivity index (χ2n) is 6.67. The Morgan fingerprint density at radius 2 is 1.84 bits per heavy atom. The van der Waals surface area contributed by atoms with Crippen LogP contribution >= 0.6 is 0 Å². The van der Waals surface area contributed by atoms with E-state index in [0.717, 1.165) is 49.6 Å². The summed E-state index contributed by atoms with van der Waals surface area (Å²) in [5.41, 5.74) is 8.26. The molecule has 6 nitrogen and oxygen atoms in total. The molecule has 0 spiro atoms. The van der Waals surface area contributed by atoms with Crippen LogP contribution < -0.4 is 15.6 Å². The van der Waals surface area contributed by atoms with Crippen molar-refractivity contribution in [3.8, 4) is 0 Å². The number of nitrogens with one attached hydrogen (secondary N) is 1. The van der Waals surface area contributed by atoms with E-state index in [4.69, 9.17) is 5.73 Å². The van der Waals surface area contributed by atoms with E-state index in [1.165, 1.54) is 0 Å². The Hall–Kier alpha value is -2.21. The highest BCUT2D eigenvalue weighted by Crippen LogP contribution is 2.20. The predicted octanol–water partition coefficient (Wildman–Crippen LogP) is 3.97. The first-order chi connectivity index (χ1) is 12.0. The monoisotopic (exact) mass is 343 g/mol. The molecule has 0 atom stereocenters. The number of nitrogens with zero attached hydrogens (tertiary/aromatic N) is 4. The topological polar surface area (TPSA) is 71.6 Å². The van der Waals surface area contributed by atoms with Crippen LogP contribution in [-0.4, -0.2) is 16.7 Å². The van der Waals surface area contributed by atoms with Gasteiger partial charge in [0.15, 0.2) is 0 Å². The van der Waals surface area contributed by atoms with Gasteiger partial charge >= 0.3 is 5.95 Å². The summed E-state index contributed by atoms with van der Waals surface area (Å²) in [5, 5.41) is 12.0. The van der Waals surface area contributed by atoms with Crippen LogP contribution in [0.3, 0.4) is 0 Å². The minimum absolute atomic E-state index is 0.0149. The van der Waals surface area contributed by atoms with Crippen LogP contribution in [0.15, 0.2) is 46.9 Å². The molecule has 0 fully saturated rings. The summed E-state index contributed by atoms with van der Waals surface area (Å²) in [6.45, 7) is 5.26. The van der Waals surface area contributed by atoms with E-state index in [9.17, 15) is 0 Å². The van der Waals surface area contributed by atoms with Gasteiger partial charge in [-0.15, -0.1) is 0 Å². The Labute approximate surface area is 150 Å². The molecule has 0 radical (unpaired) electrons. The molecule has 3 N–H and O–H groups in total. The van der Waals surface area contributed by atoms with Gasteiger partial charge in [0.1, 0.15) is 5.69 Å². The van der Waals surface area contributed by atoms with Crippen molar-refractivity contribution in [2.24, 2.45) is 30.1 Å². The highest BCUT2D eigenvalue weighted by atomic mass is 15.3. The normalized spacial score (nSPS) is 12.0. The average Bonchev–Trinajstić information content (AvgIpc) is 2.96. The second-order valence-corrected chi connectivity index (χ2v) is 6.67. The predicted molar refractivity (Wildman–Crippen MR) is 102 cm³/mol. The molecule has 2 rings (SSSR count). The molecule has 0 saturated heterocycles. The van der Waals surface area contributed by atoms with Gasteiger partial charge < -0.3 is 11.1 Å². The van der Waals surface area contributed by atoms with E-state index in [-0.39, 0.29) is 5.54 Å². The number of hydrogen-bond donors (Lipinski definition) is 2. The van der Waals surface area contributed by atoms with E-state index in [0.29, 0.717) is 0 Å². The molecular weight excluding hydrogens is 312 g/mol. The fraction of sp³-hybridized carbons (Fsp3) is 0.526. The Morgan fingerprint density at radius 1 is 1.16 bits per heavy atom. The van der Waals surface area contributed by atoms with Crippen molar-refractivity contribution >= 4 is 17.3 Å². The molecule has 0 aliphatic rings. The molecule has 1 aromatic heterocycles. The van der Waals surface area contributed by atoms with E-state index >= 15 is 0 Å². The largest absolute Gasteiger partial charge is 0.421 e. The maximum atomic E-state index is 6.34. The molecule has 0 unspecified atom stereocenters. The van der Waals surface area contributed by atoms with Crippen molar-refractivity contribution in [1.29, 1.82) is 0 Å². The van der Waals surface area contributed by atoms with E-state index < -0.39 is 0 Å². The van der Waals surface area contributed by atoms with E-state index in [2.05, 4.69) is 29.4 Å². The standard InChI is InChI=1S/C19H30N6/c1-5-19(20,6-2)12-7-13-21-16-8-10-17(11-9-16)22-23-18-24(3)14-15-25(18)4/h8-11,14-15H,5-7,12-13,20H2,1-4H3/p+1. The maximum Gasteiger partial charge on any atom is 0.421 e. The quantitative estimate of drug-likeness (QED) is 0.411. The summed E-state index contributed by atoms with van der Waals surface area (Å²) >= 11 is 0. The fourth-order valence-electron chi connectivity index (χ4n) is 2.75. The lowest BCUT2D eigenvalue weighted by atomic mass is 9.89. The third kappa shape index (κ3) is 5.39. The van der Waals surface area contributed by atoms with Gasteiger partial charge in [-0.05, 0) is 49.9 Å². The van der Waals surface area contributed by atoms with Gasteiger partial charge in [0.05, 0.1) is 26.5 Å². The summed E-state index contributed by atoms with van der Waals surface area (Å²) < 4.78 is 3.87. The van der Waals surface area contributed by atoms with Gasteiger partial charge in [-0.2, -0.15) is 0 Å². The zero-order valence-electron chi connectivity index (χ0n) is 15.9. The number of aromatic nitrogens is 2. The molecule has 6 heteroatoms. The molecule has 2 aromatic rings. The first-order valence-corrected chi connectivity index (χ1v) is 9.03. The molecule has 0 aliphatic heterocycles. The number of aryl methyl sites for hydroxylation is 2. The van der Waals surface area contributed by atoms with Gasteiger partial charge in [0, 0.05) is 22.9 Å². The summed E-state index contributed by atoms with van der Waals surface area (Å²) in [7, 11) is 3.91. The molecule has 0 saturated carbocycles. The van der Waals surface area contributed by atoms with Crippen LogP contribution in [-0.2, 0) is 14.1 Å². The van der Waals surface area contributed by atoms with Gasteiger partial charge in [-0.25, -0.2) is 9.13 Å². The summed E-state index contributed by atoms with van der Waals surface area (Å²) in [5.74, 6) is 0.805. The van der Waals surface area contributed by atoms with E-state index in [1.54, 1.807) is 0 Å². The van der Waals surface area contributed by atoms with Crippen LogP contribution in [0, 0.1) is 0 Å². The number of hydrogen-bond acceptors (Lipinski definition) is 4. The third-order valence-corrected chi connectivity index (χ3v) is 4.86. The van der Waals surface area contributed by atoms with Crippen molar-refractivity contribution in [3.63, 3.8) is 0 Å².